The van der Waals surface area contributed by atoms with Crippen LogP contribution < -0.4 is 16.0 Å². The zero-order valence-corrected chi connectivity index (χ0v) is 20.4. The Morgan fingerprint density at radius 2 is 1.84 bits per heavy atom. The number of carbonyl (C=O) groups excluding carboxylic acids is 2. The second-order valence-corrected chi connectivity index (χ2v) is 8.99. The first-order chi connectivity index (χ1) is 17.9. The maximum Gasteiger partial charge on any atom is 0.416 e. The maximum atomic E-state index is 14.1. The average Bonchev–Trinajstić information content (AvgIpc) is 3.35. The summed E-state index contributed by atoms with van der Waals surface area (Å²) in [6.45, 7) is 0. The van der Waals surface area contributed by atoms with Crippen LogP contribution in [0, 0.1) is 11.6 Å². The second kappa shape index (κ2) is 8.98. The van der Waals surface area contributed by atoms with Crippen LogP contribution in [0.2, 0.25) is 5.02 Å². The third-order valence-corrected chi connectivity index (χ3v) is 6.55. The summed E-state index contributed by atoms with van der Waals surface area (Å²) < 4.78 is 69.3. The molecule has 1 aliphatic rings. The van der Waals surface area contributed by atoms with E-state index in [2.05, 4.69) is 21.0 Å². The van der Waals surface area contributed by atoms with Crippen LogP contribution >= 0.6 is 11.6 Å². The van der Waals surface area contributed by atoms with Crippen LogP contribution in [0.4, 0.5) is 33.5 Å². The van der Waals surface area contributed by atoms with Crippen LogP contribution in [0.1, 0.15) is 43.4 Å². The van der Waals surface area contributed by atoms with E-state index in [1.807, 2.05) is 0 Å². The van der Waals surface area contributed by atoms with Gasteiger partial charge in [0.15, 0.2) is 0 Å². The Bertz CT molecular complexity index is 1650. The van der Waals surface area contributed by atoms with Crippen LogP contribution in [0.15, 0.2) is 42.5 Å². The smallest absolute Gasteiger partial charge is 0.373 e. The van der Waals surface area contributed by atoms with Gasteiger partial charge in [-0.05, 0) is 42.5 Å². The number of hydrogen-bond donors (Lipinski definition) is 3. The topological polar surface area (TPSA) is 88.0 Å². The van der Waals surface area contributed by atoms with Crippen molar-refractivity contribution in [2.45, 2.75) is 12.2 Å². The molecule has 2 heterocycles. The van der Waals surface area contributed by atoms with Gasteiger partial charge in [-0.1, -0.05) is 11.6 Å². The van der Waals surface area contributed by atoms with Crippen molar-refractivity contribution in [3.63, 3.8) is 0 Å². The molecular formula is C25H17ClF5N5O2. The molecule has 0 saturated carbocycles. The minimum absolute atomic E-state index is 0.0171. The number of nitrogens with zero attached hydrogens (tertiary/aromatic N) is 2. The molecule has 1 atom stereocenters. The number of amides is 2. The van der Waals surface area contributed by atoms with Crippen LogP contribution in [0.25, 0.3) is 10.9 Å². The summed E-state index contributed by atoms with van der Waals surface area (Å²) in [5, 5.41) is 13.1. The molecule has 38 heavy (non-hydrogen) atoms. The summed E-state index contributed by atoms with van der Waals surface area (Å²) in [7, 11) is 3.23. The number of rotatable bonds is 4. The van der Waals surface area contributed by atoms with Gasteiger partial charge in [0.05, 0.1) is 17.2 Å². The molecular weight excluding hydrogens is 533 g/mol. The number of aryl methyl sites for hydroxylation is 1. The molecule has 3 N–H and O–H groups in total. The highest BCUT2D eigenvalue weighted by molar-refractivity contribution is 6.31. The standard InChI is InChI=1S/C25H17ClF5N5O2/c1-32-22-15-9-17(33-23(37)10-5-11(25(29,30)31)7-13(28)6-10)18-19(21(15)35-36(22)2)24(38)34-20(18)14-8-12(27)3-4-16(14)26/h3-9,20,32H,1-2H3,(H,33,37)(H,34,38). The highest BCUT2D eigenvalue weighted by Crippen LogP contribution is 2.44. The van der Waals surface area contributed by atoms with Crippen molar-refractivity contribution >= 4 is 45.8 Å². The Labute approximate surface area is 216 Å². The Morgan fingerprint density at radius 1 is 1.11 bits per heavy atom. The summed E-state index contributed by atoms with van der Waals surface area (Å²) in [6.07, 6.45) is -4.88. The van der Waals surface area contributed by atoms with Gasteiger partial charge in [-0.2, -0.15) is 18.3 Å². The van der Waals surface area contributed by atoms with Gasteiger partial charge in [-0.3, -0.25) is 14.3 Å². The summed E-state index contributed by atoms with van der Waals surface area (Å²) in [4.78, 5) is 26.3. The zero-order valence-electron chi connectivity index (χ0n) is 19.6. The van der Waals surface area contributed by atoms with Crippen molar-refractivity contribution in [3.8, 4) is 0 Å². The monoisotopic (exact) mass is 549 g/mol. The SMILES string of the molecule is CNc1c2cc(NC(=O)c3cc(F)cc(C(F)(F)F)c3)c3c(c2nn1C)C(=O)NC3c1cc(F)ccc1Cl. The number of fused-ring (bicyclic) bond motifs is 3. The Balaban J connectivity index is 1.71. The van der Waals surface area contributed by atoms with Crippen molar-refractivity contribution < 1.29 is 31.5 Å². The van der Waals surface area contributed by atoms with E-state index in [9.17, 15) is 31.5 Å². The highest BCUT2D eigenvalue weighted by Gasteiger charge is 2.38. The van der Waals surface area contributed by atoms with E-state index in [1.165, 1.54) is 16.8 Å². The molecule has 0 bridgehead atoms. The molecule has 1 unspecified atom stereocenters. The molecule has 0 saturated heterocycles. The lowest BCUT2D eigenvalue weighted by molar-refractivity contribution is -0.137. The van der Waals surface area contributed by atoms with Crippen LogP contribution in [0.5, 0.6) is 0 Å². The number of hydrogen-bond acceptors (Lipinski definition) is 4. The Morgan fingerprint density at radius 3 is 2.53 bits per heavy atom. The second-order valence-electron chi connectivity index (χ2n) is 8.58. The maximum absolute atomic E-state index is 14.1. The van der Waals surface area contributed by atoms with Crippen molar-refractivity contribution in [2.24, 2.45) is 7.05 Å². The molecule has 13 heteroatoms. The van der Waals surface area contributed by atoms with E-state index < -0.39 is 46.8 Å². The number of aromatic nitrogens is 2. The third-order valence-electron chi connectivity index (χ3n) is 6.20. The van der Waals surface area contributed by atoms with Crippen molar-refractivity contribution in [1.82, 2.24) is 15.1 Å². The number of anilines is 2. The van der Waals surface area contributed by atoms with E-state index in [4.69, 9.17) is 11.6 Å². The molecule has 0 fully saturated rings. The fourth-order valence-electron chi connectivity index (χ4n) is 4.60. The summed E-state index contributed by atoms with van der Waals surface area (Å²) in [5.74, 6) is -3.05. The summed E-state index contributed by atoms with van der Waals surface area (Å²) in [5.41, 5.74) is -1.22. The summed E-state index contributed by atoms with van der Waals surface area (Å²) in [6, 6.07) is 5.47. The minimum Gasteiger partial charge on any atom is -0.373 e. The lowest BCUT2D eigenvalue weighted by atomic mass is 9.94. The van der Waals surface area contributed by atoms with Gasteiger partial charge in [-0.25, -0.2) is 8.78 Å². The average molecular weight is 550 g/mol. The molecule has 196 valence electrons. The van der Waals surface area contributed by atoms with Gasteiger partial charge in [0.2, 0.25) is 0 Å². The van der Waals surface area contributed by atoms with Crippen molar-refractivity contribution in [3.05, 3.63) is 86.9 Å². The molecule has 2 amide bonds. The fourth-order valence-corrected chi connectivity index (χ4v) is 4.83. The van der Waals surface area contributed by atoms with Gasteiger partial charge >= 0.3 is 6.18 Å². The molecule has 1 aliphatic heterocycles. The molecule has 1 aromatic heterocycles. The number of nitrogens with one attached hydrogen (secondary N) is 3. The van der Waals surface area contributed by atoms with E-state index in [0.717, 1.165) is 12.1 Å². The van der Waals surface area contributed by atoms with Crippen LogP contribution in [0.3, 0.4) is 0 Å². The highest BCUT2D eigenvalue weighted by atomic mass is 35.5. The minimum atomic E-state index is -4.88. The Hall–Kier alpha value is -4.19. The number of alkyl halides is 3. The predicted molar refractivity (Wildman–Crippen MR) is 130 cm³/mol. The van der Waals surface area contributed by atoms with E-state index >= 15 is 0 Å². The number of carbonyl (C=O) groups is 2. The molecule has 0 radical (unpaired) electrons. The Kier molecular flexibility index (Phi) is 6.02. The van der Waals surface area contributed by atoms with Gasteiger partial charge in [0.25, 0.3) is 11.8 Å². The molecule has 7 nitrogen and oxygen atoms in total. The van der Waals surface area contributed by atoms with Crippen LogP contribution in [-0.2, 0) is 13.2 Å². The lowest BCUT2D eigenvalue weighted by Gasteiger charge is -2.18. The predicted octanol–water partition coefficient (Wildman–Crippen LogP) is 5.65. The van der Waals surface area contributed by atoms with Gasteiger partial charge in [0.1, 0.15) is 23.0 Å². The van der Waals surface area contributed by atoms with Gasteiger partial charge < -0.3 is 16.0 Å². The molecule has 0 spiro atoms. The first-order valence-corrected chi connectivity index (χ1v) is 11.4. The van der Waals surface area contributed by atoms with Crippen molar-refractivity contribution in [1.29, 1.82) is 0 Å². The first kappa shape index (κ1) is 25.5. The quantitative estimate of drug-likeness (QED) is 0.287. The van der Waals surface area contributed by atoms with Crippen molar-refractivity contribution in [2.75, 3.05) is 17.7 Å². The van der Waals surface area contributed by atoms with Gasteiger partial charge in [0, 0.05) is 46.9 Å². The molecule has 3 aromatic carbocycles. The fraction of sp³-hybridized carbons (Fsp3) is 0.160. The van der Waals surface area contributed by atoms with E-state index in [-0.39, 0.29) is 39.0 Å². The molecule has 4 aromatic rings. The molecule has 0 aliphatic carbocycles. The normalized spacial score (nSPS) is 14.9. The van der Waals surface area contributed by atoms with Crippen LogP contribution in [-0.4, -0.2) is 28.6 Å². The largest absolute Gasteiger partial charge is 0.416 e. The zero-order chi connectivity index (χ0) is 27.5. The van der Waals surface area contributed by atoms with E-state index in [1.54, 1.807) is 14.1 Å². The lowest BCUT2D eigenvalue weighted by Crippen LogP contribution is -2.21. The first-order valence-electron chi connectivity index (χ1n) is 11.1. The third kappa shape index (κ3) is 4.20. The summed E-state index contributed by atoms with van der Waals surface area (Å²) >= 11 is 6.31. The number of halogens is 6. The number of benzene rings is 3. The molecule has 5 rings (SSSR count). The van der Waals surface area contributed by atoms with E-state index in [0.29, 0.717) is 23.3 Å². The van der Waals surface area contributed by atoms with Gasteiger partial charge in [-0.15, -0.1) is 0 Å².